The largest absolute Gasteiger partial charge is 0.494 e. The first kappa shape index (κ1) is 19.4. The third kappa shape index (κ3) is 5.29. The van der Waals surface area contributed by atoms with E-state index in [0.717, 1.165) is 0 Å². The normalized spacial score (nSPS) is 12.8. The van der Waals surface area contributed by atoms with Crippen LogP contribution in [0.2, 0.25) is 0 Å². The van der Waals surface area contributed by atoms with Gasteiger partial charge in [-0.3, -0.25) is 15.4 Å². The summed E-state index contributed by atoms with van der Waals surface area (Å²) < 4.78 is 18.7. The summed E-state index contributed by atoms with van der Waals surface area (Å²) in [5.74, 6) is -0.804. The number of hydrogen-bond donors (Lipinski definition) is 3. The van der Waals surface area contributed by atoms with Crippen LogP contribution in [0.3, 0.4) is 0 Å². The molecule has 26 heavy (non-hydrogen) atoms. The standard InChI is InChI=1S/C19H22FN3O3/c1-12(14-9-10-17(26-3)16(20)11-14)21-13(2)18(24)23-19(25)22-15-7-5-4-6-8-15/h4-13,21H,1-3H3,(H2,22,23,24,25). The molecule has 0 aliphatic rings. The molecule has 0 spiro atoms. The first-order chi connectivity index (χ1) is 12.4. The molecule has 0 aliphatic carbocycles. The van der Waals surface area contributed by atoms with Gasteiger partial charge in [-0.15, -0.1) is 0 Å². The lowest BCUT2D eigenvalue weighted by Crippen LogP contribution is -2.46. The van der Waals surface area contributed by atoms with Gasteiger partial charge in [-0.05, 0) is 43.7 Å². The summed E-state index contributed by atoms with van der Waals surface area (Å²) in [5.41, 5.74) is 1.25. The molecule has 0 aromatic heterocycles. The van der Waals surface area contributed by atoms with Crippen molar-refractivity contribution in [3.8, 4) is 5.75 Å². The molecule has 2 rings (SSSR count). The average Bonchev–Trinajstić information content (AvgIpc) is 2.62. The zero-order valence-corrected chi connectivity index (χ0v) is 14.9. The number of imide groups is 1. The number of carbonyl (C=O) groups is 2. The number of urea groups is 1. The predicted molar refractivity (Wildman–Crippen MR) is 97.6 cm³/mol. The van der Waals surface area contributed by atoms with Crippen LogP contribution in [0.15, 0.2) is 48.5 Å². The van der Waals surface area contributed by atoms with Gasteiger partial charge < -0.3 is 10.1 Å². The van der Waals surface area contributed by atoms with Gasteiger partial charge in [0.1, 0.15) is 0 Å². The van der Waals surface area contributed by atoms with Gasteiger partial charge in [-0.1, -0.05) is 24.3 Å². The summed E-state index contributed by atoms with van der Waals surface area (Å²) in [4.78, 5) is 24.0. The number of ether oxygens (including phenoxy) is 1. The van der Waals surface area contributed by atoms with Crippen molar-refractivity contribution in [2.75, 3.05) is 12.4 Å². The van der Waals surface area contributed by atoms with Crippen molar-refractivity contribution in [1.82, 2.24) is 10.6 Å². The first-order valence-corrected chi connectivity index (χ1v) is 8.17. The van der Waals surface area contributed by atoms with E-state index >= 15 is 0 Å². The third-order valence-electron chi connectivity index (χ3n) is 3.84. The minimum absolute atomic E-state index is 0.157. The minimum atomic E-state index is -0.656. The van der Waals surface area contributed by atoms with Crippen molar-refractivity contribution in [2.45, 2.75) is 25.9 Å². The second kappa shape index (κ2) is 8.96. The fourth-order valence-corrected chi connectivity index (χ4v) is 2.40. The first-order valence-electron chi connectivity index (χ1n) is 8.17. The summed E-state index contributed by atoms with van der Waals surface area (Å²) in [6.07, 6.45) is 0. The highest BCUT2D eigenvalue weighted by atomic mass is 19.1. The number of para-hydroxylation sites is 1. The topological polar surface area (TPSA) is 79.5 Å². The Morgan fingerprint density at radius 3 is 2.38 bits per heavy atom. The Hall–Kier alpha value is -2.93. The van der Waals surface area contributed by atoms with Gasteiger partial charge in [0.2, 0.25) is 5.91 Å². The highest BCUT2D eigenvalue weighted by molar-refractivity contribution is 6.02. The van der Waals surface area contributed by atoms with Crippen LogP contribution in [0.4, 0.5) is 14.9 Å². The van der Waals surface area contributed by atoms with Gasteiger partial charge in [0.25, 0.3) is 0 Å². The summed E-state index contributed by atoms with van der Waals surface area (Å²) in [7, 11) is 1.40. The Morgan fingerprint density at radius 1 is 1.08 bits per heavy atom. The van der Waals surface area contributed by atoms with E-state index in [1.165, 1.54) is 19.2 Å². The summed E-state index contributed by atoms with van der Waals surface area (Å²) in [5, 5.41) is 7.87. The number of hydrogen-bond acceptors (Lipinski definition) is 4. The third-order valence-corrected chi connectivity index (χ3v) is 3.84. The molecule has 3 amide bonds. The summed E-state index contributed by atoms with van der Waals surface area (Å²) in [6, 6.07) is 11.8. The number of nitrogens with one attached hydrogen (secondary N) is 3. The zero-order chi connectivity index (χ0) is 19.1. The van der Waals surface area contributed by atoms with Gasteiger partial charge in [0.15, 0.2) is 11.6 Å². The maximum Gasteiger partial charge on any atom is 0.325 e. The fourth-order valence-electron chi connectivity index (χ4n) is 2.40. The quantitative estimate of drug-likeness (QED) is 0.740. The Morgan fingerprint density at radius 2 is 1.77 bits per heavy atom. The van der Waals surface area contributed by atoms with Crippen molar-refractivity contribution < 1.29 is 18.7 Å². The monoisotopic (exact) mass is 359 g/mol. The Kier molecular flexibility index (Phi) is 6.68. The van der Waals surface area contributed by atoms with Crippen molar-refractivity contribution in [2.24, 2.45) is 0 Å². The lowest BCUT2D eigenvalue weighted by Gasteiger charge is -2.20. The maximum absolute atomic E-state index is 13.8. The van der Waals surface area contributed by atoms with E-state index in [1.807, 2.05) is 6.07 Å². The van der Waals surface area contributed by atoms with E-state index in [9.17, 15) is 14.0 Å². The lowest BCUT2D eigenvalue weighted by atomic mass is 10.1. The van der Waals surface area contributed by atoms with Crippen LogP contribution in [0.1, 0.15) is 25.5 Å². The Labute approximate surface area is 151 Å². The molecule has 0 aliphatic heterocycles. The molecular formula is C19H22FN3O3. The molecule has 0 bridgehead atoms. The number of rotatable bonds is 6. The van der Waals surface area contributed by atoms with Gasteiger partial charge in [-0.2, -0.15) is 0 Å². The van der Waals surface area contributed by atoms with Crippen molar-refractivity contribution >= 4 is 17.6 Å². The molecule has 2 aromatic rings. The molecule has 0 saturated heterocycles. The second-order valence-corrected chi connectivity index (χ2v) is 5.81. The number of anilines is 1. The fraction of sp³-hybridized carbons (Fsp3) is 0.263. The second-order valence-electron chi connectivity index (χ2n) is 5.81. The maximum atomic E-state index is 13.8. The number of amides is 3. The van der Waals surface area contributed by atoms with Crippen LogP contribution in [0.5, 0.6) is 5.75 Å². The molecule has 0 fully saturated rings. The molecule has 3 N–H and O–H groups in total. The van der Waals surface area contributed by atoms with Gasteiger partial charge >= 0.3 is 6.03 Å². The van der Waals surface area contributed by atoms with Crippen molar-refractivity contribution in [3.05, 3.63) is 59.9 Å². The van der Waals surface area contributed by atoms with E-state index in [4.69, 9.17) is 4.74 Å². The lowest BCUT2D eigenvalue weighted by molar-refractivity contribution is -0.121. The number of methoxy groups -OCH3 is 1. The Balaban J connectivity index is 1.89. The highest BCUT2D eigenvalue weighted by Gasteiger charge is 2.19. The van der Waals surface area contributed by atoms with Crippen LogP contribution < -0.4 is 20.7 Å². The van der Waals surface area contributed by atoms with Crippen molar-refractivity contribution in [1.29, 1.82) is 0 Å². The highest BCUT2D eigenvalue weighted by Crippen LogP contribution is 2.21. The van der Waals surface area contributed by atoms with E-state index < -0.39 is 23.8 Å². The van der Waals surface area contributed by atoms with Crippen molar-refractivity contribution in [3.63, 3.8) is 0 Å². The van der Waals surface area contributed by atoms with Gasteiger partial charge in [0.05, 0.1) is 13.2 Å². The number of halogens is 1. The number of carbonyl (C=O) groups excluding carboxylic acids is 2. The summed E-state index contributed by atoms with van der Waals surface area (Å²) >= 11 is 0. The zero-order valence-electron chi connectivity index (χ0n) is 14.9. The van der Waals surface area contributed by atoms with Crippen LogP contribution in [-0.4, -0.2) is 25.1 Å². The van der Waals surface area contributed by atoms with Gasteiger partial charge in [0, 0.05) is 11.7 Å². The molecular weight excluding hydrogens is 337 g/mol. The predicted octanol–water partition coefficient (Wildman–Crippen LogP) is 3.22. The molecule has 6 nitrogen and oxygen atoms in total. The van der Waals surface area contributed by atoms with Crippen LogP contribution in [0.25, 0.3) is 0 Å². The molecule has 138 valence electrons. The van der Waals surface area contributed by atoms with E-state index in [-0.39, 0.29) is 11.8 Å². The van der Waals surface area contributed by atoms with E-state index in [1.54, 1.807) is 44.2 Å². The Bertz CT molecular complexity index is 768. The van der Waals surface area contributed by atoms with E-state index in [0.29, 0.717) is 11.3 Å². The minimum Gasteiger partial charge on any atom is -0.494 e. The van der Waals surface area contributed by atoms with Crippen LogP contribution in [-0.2, 0) is 4.79 Å². The summed E-state index contributed by atoms with van der Waals surface area (Å²) in [6.45, 7) is 3.43. The molecule has 2 unspecified atom stereocenters. The molecule has 2 atom stereocenters. The molecule has 0 radical (unpaired) electrons. The van der Waals surface area contributed by atoms with E-state index in [2.05, 4.69) is 16.0 Å². The molecule has 7 heteroatoms. The molecule has 2 aromatic carbocycles. The van der Waals surface area contributed by atoms with Crippen LogP contribution in [0, 0.1) is 5.82 Å². The molecule has 0 heterocycles. The number of benzene rings is 2. The van der Waals surface area contributed by atoms with Crippen LogP contribution >= 0.6 is 0 Å². The molecule has 0 saturated carbocycles. The smallest absolute Gasteiger partial charge is 0.325 e. The average molecular weight is 359 g/mol. The van der Waals surface area contributed by atoms with Gasteiger partial charge in [-0.25, -0.2) is 9.18 Å². The SMILES string of the molecule is COc1ccc(C(C)NC(C)C(=O)NC(=O)Nc2ccccc2)cc1F.